The van der Waals surface area contributed by atoms with Gasteiger partial charge < -0.3 is 10.1 Å². The zero-order valence-electron chi connectivity index (χ0n) is 17.2. The molecule has 0 aliphatic carbocycles. The molecule has 0 saturated carbocycles. The number of nitrogens with one attached hydrogen (secondary N) is 1. The second-order valence-electron chi connectivity index (χ2n) is 7.04. The Bertz CT molecular complexity index is 1380. The minimum Gasteiger partial charge on any atom is -0.450 e. The van der Waals surface area contributed by atoms with Crippen molar-refractivity contribution in [3.63, 3.8) is 0 Å². The van der Waals surface area contributed by atoms with Gasteiger partial charge in [0.15, 0.2) is 5.65 Å². The molecule has 0 saturated heterocycles. The standard InChI is InChI=1S/C22H18ClN5O5/c23-16-7-10-19(18(14-16)28(31)32)33-17-8-5-15(6-9-17)21(29)24-11-3-13-27-22(30)26-12-2-1-4-20(26)25-27/h1-2,4-10,12,14H,3,11,13H2,(H,24,29). The number of pyridine rings is 1. The van der Waals surface area contributed by atoms with Crippen LogP contribution in [0.4, 0.5) is 5.69 Å². The van der Waals surface area contributed by atoms with Crippen LogP contribution in [0, 0.1) is 10.1 Å². The van der Waals surface area contributed by atoms with E-state index in [1.165, 1.54) is 27.3 Å². The molecule has 1 amide bonds. The number of carbonyl (C=O) groups excluding carboxylic acids is 1. The molecule has 0 bridgehead atoms. The Kier molecular flexibility index (Phi) is 6.36. The fourth-order valence-corrected chi connectivity index (χ4v) is 3.33. The van der Waals surface area contributed by atoms with E-state index in [4.69, 9.17) is 16.3 Å². The van der Waals surface area contributed by atoms with E-state index in [2.05, 4.69) is 10.4 Å². The number of nitrogens with zero attached hydrogens (tertiary/aromatic N) is 4. The molecule has 168 valence electrons. The maximum Gasteiger partial charge on any atom is 0.350 e. The fraction of sp³-hybridized carbons (Fsp3) is 0.136. The van der Waals surface area contributed by atoms with E-state index in [0.717, 1.165) is 0 Å². The number of fused-ring (bicyclic) bond motifs is 1. The van der Waals surface area contributed by atoms with Crippen molar-refractivity contribution in [2.45, 2.75) is 13.0 Å². The van der Waals surface area contributed by atoms with Crippen LogP contribution in [-0.2, 0) is 6.54 Å². The van der Waals surface area contributed by atoms with Crippen molar-refractivity contribution < 1.29 is 14.5 Å². The summed E-state index contributed by atoms with van der Waals surface area (Å²) in [6.45, 7) is 0.724. The molecule has 11 heteroatoms. The molecule has 4 rings (SSSR count). The number of hydrogen-bond acceptors (Lipinski definition) is 6. The third-order valence-corrected chi connectivity index (χ3v) is 5.02. The van der Waals surface area contributed by atoms with E-state index in [1.807, 2.05) is 0 Å². The molecule has 0 atom stereocenters. The van der Waals surface area contributed by atoms with Gasteiger partial charge in [0.2, 0.25) is 5.75 Å². The molecule has 2 aromatic carbocycles. The number of nitro benzene ring substituents is 1. The lowest BCUT2D eigenvalue weighted by molar-refractivity contribution is -0.385. The van der Waals surface area contributed by atoms with Gasteiger partial charge in [-0.2, -0.15) is 0 Å². The number of carbonyl (C=O) groups is 1. The molecule has 0 radical (unpaired) electrons. The van der Waals surface area contributed by atoms with Crippen LogP contribution in [0.3, 0.4) is 0 Å². The predicted molar refractivity (Wildman–Crippen MR) is 121 cm³/mol. The van der Waals surface area contributed by atoms with Crippen molar-refractivity contribution in [1.82, 2.24) is 19.5 Å². The molecule has 2 heterocycles. The molecule has 0 aliphatic rings. The summed E-state index contributed by atoms with van der Waals surface area (Å²) in [6.07, 6.45) is 2.18. The number of nitro groups is 1. The Labute approximate surface area is 192 Å². The van der Waals surface area contributed by atoms with Crippen molar-refractivity contribution in [3.05, 3.63) is 98.0 Å². The van der Waals surface area contributed by atoms with Crippen molar-refractivity contribution in [3.8, 4) is 11.5 Å². The summed E-state index contributed by atoms with van der Waals surface area (Å²) in [4.78, 5) is 35.2. The number of aryl methyl sites for hydroxylation is 1. The molecule has 33 heavy (non-hydrogen) atoms. The highest BCUT2D eigenvalue weighted by Crippen LogP contribution is 2.33. The zero-order chi connectivity index (χ0) is 23.4. The summed E-state index contributed by atoms with van der Waals surface area (Å²) in [6, 6.07) is 15.6. The summed E-state index contributed by atoms with van der Waals surface area (Å²) >= 11 is 5.81. The first-order valence-corrected chi connectivity index (χ1v) is 10.3. The third kappa shape index (κ3) is 5.01. The van der Waals surface area contributed by atoms with Crippen LogP contribution in [0.2, 0.25) is 5.02 Å². The van der Waals surface area contributed by atoms with Gasteiger partial charge in [0.25, 0.3) is 5.91 Å². The monoisotopic (exact) mass is 467 g/mol. The molecule has 4 aromatic rings. The Morgan fingerprint density at radius 2 is 1.94 bits per heavy atom. The maximum absolute atomic E-state index is 12.4. The molecule has 0 fully saturated rings. The van der Waals surface area contributed by atoms with Crippen molar-refractivity contribution in [2.75, 3.05) is 6.54 Å². The highest BCUT2D eigenvalue weighted by Gasteiger charge is 2.16. The summed E-state index contributed by atoms with van der Waals surface area (Å²) in [7, 11) is 0. The first-order valence-electron chi connectivity index (χ1n) is 9.96. The Morgan fingerprint density at radius 3 is 2.67 bits per heavy atom. The fourth-order valence-electron chi connectivity index (χ4n) is 3.17. The van der Waals surface area contributed by atoms with Crippen molar-refractivity contribution >= 4 is 28.8 Å². The number of ether oxygens (including phenoxy) is 1. The van der Waals surface area contributed by atoms with Crippen LogP contribution in [0.5, 0.6) is 11.5 Å². The number of hydrogen-bond donors (Lipinski definition) is 1. The van der Waals surface area contributed by atoms with Gasteiger partial charge in [-0.25, -0.2) is 9.48 Å². The van der Waals surface area contributed by atoms with Gasteiger partial charge in [0, 0.05) is 35.9 Å². The Hall–Kier alpha value is -4.18. The van der Waals surface area contributed by atoms with Crippen LogP contribution >= 0.6 is 11.6 Å². The maximum atomic E-state index is 12.4. The molecule has 1 N–H and O–H groups in total. The van der Waals surface area contributed by atoms with Gasteiger partial charge in [-0.15, -0.1) is 5.10 Å². The first-order chi connectivity index (χ1) is 15.9. The van der Waals surface area contributed by atoms with Gasteiger partial charge in [0.05, 0.1) is 4.92 Å². The summed E-state index contributed by atoms with van der Waals surface area (Å²) < 4.78 is 8.39. The SMILES string of the molecule is O=C(NCCCn1nc2ccccn2c1=O)c1ccc(Oc2ccc(Cl)cc2[N+](=O)[O-])cc1. The lowest BCUT2D eigenvalue weighted by Crippen LogP contribution is -2.27. The average Bonchev–Trinajstić information content (AvgIpc) is 3.13. The second kappa shape index (κ2) is 9.53. The lowest BCUT2D eigenvalue weighted by Gasteiger charge is -2.08. The Balaban J connectivity index is 1.32. The minimum atomic E-state index is -0.580. The van der Waals surface area contributed by atoms with Gasteiger partial charge in [-0.05, 0) is 55.0 Å². The smallest absolute Gasteiger partial charge is 0.350 e. The largest absolute Gasteiger partial charge is 0.450 e. The van der Waals surface area contributed by atoms with Crippen LogP contribution in [0.15, 0.2) is 71.7 Å². The average molecular weight is 468 g/mol. The van der Waals surface area contributed by atoms with E-state index in [0.29, 0.717) is 36.5 Å². The van der Waals surface area contributed by atoms with E-state index < -0.39 is 4.92 Å². The molecule has 10 nitrogen and oxygen atoms in total. The van der Waals surface area contributed by atoms with Gasteiger partial charge in [-0.1, -0.05) is 17.7 Å². The highest BCUT2D eigenvalue weighted by atomic mass is 35.5. The highest BCUT2D eigenvalue weighted by molar-refractivity contribution is 6.30. The number of rotatable bonds is 8. The second-order valence-corrected chi connectivity index (χ2v) is 7.48. The van der Waals surface area contributed by atoms with Crippen LogP contribution in [-0.4, -0.2) is 31.6 Å². The summed E-state index contributed by atoms with van der Waals surface area (Å²) in [5, 5.41) is 18.4. The summed E-state index contributed by atoms with van der Waals surface area (Å²) in [5.74, 6) is 0.0911. The quantitative estimate of drug-likeness (QED) is 0.240. The molecular weight excluding hydrogens is 450 g/mol. The number of benzene rings is 2. The number of halogens is 1. The topological polar surface area (TPSA) is 121 Å². The van der Waals surface area contributed by atoms with E-state index in [-0.39, 0.29) is 28.1 Å². The molecule has 2 aromatic heterocycles. The zero-order valence-corrected chi connectivity index (χ0v) is 17.9. The van der Waals surface area contributed by atoms with E-state index in [9.17, 15) is 19.7 Å². The minimum absolute atomic E-state index is 0.0452. The molecule has 0 aliphatic heterocycles. The van der Waals surface area contributed by atoms with E-state index >= 15 is 0 Å². The number of aromatic nitrogens is 3. The van der Waals surface area contributed by atoms with Gasteiger partial charge in [-0.3, -0.25) is 19.3 Å². The number of amides is 1. The predicted octanol–water partition coefficient (Wildman–Crippen LogP) is 3.67. The lowest BCUT2D eigenvalue weighted by atomic mass is 10.2. The van der Waals surface area contributed by atoms with Crippen molar-refractivity contribution in [1.29, 1.82) is 0 Å². The van der Waals surface area contributed by atoms with Crippen LogP contribution in [0.25, 0.3) is 5.65 Å². The van der Waals surface area contributed by atoms with E-state index in [1.54, 1.807) is 48.7 Å². The van der Waals surface area contributed by atoms with Gasteiger partial charge in [0.1, 0.15) is 5.75 Å². The third-order valence-electron chi connectivity index (χ3n) is 4.78. The molecule has 0 spiro atoms. The normalized spacial score (nSPS) is 10.8. The van der Waals surface area contributed by atoms with Crippen molar-refractivity contribution in [2.24, 2.45) is 0 Å². The molecular formula is C22H18ClN5O5. The first kappa shape index (κ1) is 22.0. The molecule has 0 unspecified atom stereocenters. The van der Waals surface area contributed by atoms with Crippen LogP contribution < -0.4 is 15.7 Å². The Morgan fingerprint density at radius 1 is 1.15 bits per heavy atom. The van der Waals surface area contributed by atoms with Crippen LogP contribution in [0.1, 0.15) is 16.8 Å². The summed E-state index contributed by atoms with van der Waals surface area (Å²) in [5.41, 5.74) is 0.484. The van der Waals surface area contributed by atoms with Gasteiger partial charge >= 0.3 is 11.4 Å².